The predicted molar refractivity (Wildman–Crippen MR) is 66.7 cm³/mol. The molecule has 0 N–H and O–H groups in total. The molecule has 2 unspecified atom stereocenters. The molecule has 2 aliphatic heterocycles. The van der Waals surface area contributed by atoms with E-state index in [1.165, 1.54) is 43.7 Å². The Morgan fingerprint density at radius 2 is 2.19 bits per heavy atom. The van der Waals surface area contributed by atoms with Gasteiger partial charge in [-0.1, -0.05) is 13.3 Å². The number of aryl methyl sites for hydroxylation is 1. The lowest BCUT2D eigenvalue weighted by atomic mass is 10.0. The summed E-state index contributed by atoms with van der Waals surface area (Å²) in [6, 6.07) is 0. The molecule has 4 heteroatoms. The van der Waals surface area contributed by atoms with Crippen LogP contribution in [0.2, 0.25) is 0 Å². The highest BCUT2D eigenvalue weighted by Gasteiger charge is 2.25. The minimum Gasteiger partial charge on any atom is -0.249 e. The second kappa shape index (κ2) is 4.40. The third kappa shape index (κ3) is 1.88. The van der Waals surface area contributed by atoms with Crippen molar-refractivity contribution in [2.45, 2.75) is 56.7 Å². The molecule has 1 aromatic heterocycles. The van der Waals surface area contributed by atoms with E-state index in [1.54, 1.807) is 0 Å². The summed E-state index contributed by atoms with van der Waals surface area (Å²) in [4.78, 5) is 4.79. The second-order valence-electron chi connectivity index (χ2n) is 4.95. The average molecular weight is 237 g/mol. The topological polar surface area (TPSA) is 30.7 Å². The Morgan fingerprint density at radius 1 is 1.25 bits per heavy atom. The third-order valence-electron chi connectivity index (χ3n) is 3.63. The quantitative estimate of drug-likeness (QED) is 0.752. The molecule has 0 radical (unpaired) electrons. The van der Waals surface area contributed by atoms with E-state index in [4.69, 9.17) is 10.1 Å². The van der Waals surface area contributed by atoms with Gasteiger partial charge in [-0.3, -0.25) is 0 Å². The van der Waals surface area contributed by atoms with Crippen molar-refractivity contribution in [1.82, 2.24) is 14.8 Å². The fourth-order valence-corrected chi connectivity index (χ4v) is 3.90. The molecule has 88 valence electrons. The van der Waals surface area contributed by atoms with Crippen LogP contribution in [0, 0.1) is 0 Å². The van der Waals surface area contributed by atoms with Crippen LogP contribution in [0.25, 0.3) is 0 Å². The number of aromatic nitrogens is 3. The van der Waals surface area contributed by atoms with Gasteiger partial charge in [-0.2, -0.15) is 16.9 Å². The summed E-state index contributed by atoms with van der Waals surface area (Å²) in [6.07, 6.45) is 6.51. The van der Waals surface area contributed by atoms with E-state index in [-0.39, 0.29) is 0 Å². The van der Waals surface area contributed by atoms with Crippen molar-refractivity contribution in [3.63, 3.8) is 0 Å². The maximum Gasteiger partial charge on any atom is 0.163 e. The van der Waals surface area contributed by atoms with Gasteiger partial charge in [0.2, 0.25) is 0 Å². The monoisotopic (exact) mass is 237 g/mol. The molecular weight excluding hydrogens is 218 g/mol. The van der Waals surface area contributed by atoms with Crippen molar-refractivity contribution in [1.29, 1.82) is 0 Å². The van der Waals surface area contributed by atoms with Gasteiger partial charge >= 0.3 is 0 Å². The first-order valence-electron chi connectivity index (χ1n) is 6.41. The van der Waals surface area contributed by atoms with Crippen LogP contribution in [0.4, 0.5) is 0 Å². The number of rotatable bonds is 1. The van der Waals surface area contributed by atoms with E-state index in [0.29, 0.717) is 11.2 Å². The maximum atomic E-state index is 4.79. The summed E-state index contributed by atoms with van der Waals surface area (Å²) in [7, 11) is 0. The molecule has 1 aromatic rings. The Labute approximate surface area is 101 Å². The highest BCUT2D eigenvalue weighted by molar-refractivity contribution is 7.99. The molecule has 0 amide bonds. The second-order valence-corrected chi connectivity index (χ2v) is 6.26. The maximum absolute atomic E-state index is 4.79. The number of nitrogens with zero attached hydrogens (tertiary/aromatic N) is 3. The number of hydrogen-bond acceptors (Lipinski definition) is 3. The van der Waals surface area contributed by atoms with Gasteiger partial charge < -0.3 is 0 Å². The number of hydrogen-bond donors (Lipinski definition) is 0. The minimum absolute atomic E-state index is 0.569. The molecule has 1 saturated heterocycles. The van der Waals surface area contributed by atoms with Gasteiger partial charge in [-0.05, 0) is 31.4 Å². The van der Waals surface area contributed by atoms with Gasteiger partial charge in [0.25, 0.3) is 0 Å². The highest BCUT2D eigenvalue weighted by Crippen LogP contribution is 2.37. The van der Waals surface area contributed by atoms with Crippen molar-refractivity contribution in [3.05, 3.63) is 11.6 Å². The molecule has 1 fully saturated rings. The summed E-state index contributed by atoms with van der Waals surface area (Å²) in [6.45, 7) is 3.35. The van der Waals surface area contributed by atoms with Gasteiger partial charge in [-0.15, -0.1) is 0 Å². The molecule has 0 saturated carbocycles. The molecule has 3 rings (SSSR count). The molecule has 0 aromatic carbocycles. The zero-order chi connectivity index (χ0) is 11.0. The lowest BCUT2D eigenvalue weighted by Crippen LogP contribution is -2.14. The molecule has 0 spiro atoms. The summed E-state index contributed by atoms with van der Waals surface area (Å²) >= 11 is 2.04. The van der Waals surface area contributed by atoms with Gasteiger partial charge in [0, 0.05) is 12.5 Å². The highest BCUT2D eigenvalue weighted by atomic mass is 32.2. The zero-order valence-electron chi connectivity index (χ0n) is 9.85. The minimum atomic E-state index is 0.569. The van der Waals surface area contributed by atoms with Crippen molar-refractivity contribution < 1.29 is 0 Å². The first-order valence-corrected chi connectivity index (χ1v) is 7.45. The lowest BCUT2D eigenvalue weighted by molar-refractivity contribution is 0.431. The zero-order valence-corrected chi connectivity index (χ0v) is 10.7. The van der Waals surface area contributed by atoms with Crippen LogP contribution in [-0.4, -0.2) is 20.5 Å². The van der Waals surface area contributed by atoms with E-state index in [9.17, 15) is 0 Å². The first kappa shape index (κ1) is 10.6. The average Bonchev–Trinajstić information content (AvgIpc) is 2.76. The van der Waals surface area contributed by atoms with Crippen LogP contribution in [0.5, 0.6) is 0 Å². The largest absolute Gasteiger partial charge is 0.249 e. The van der Waals surface area contributed by atoms with Gasteiger partial charge in [0.15, 0.2) is 5.82 Å². The van der Waals surface area contributed by atoms with Crippen LogP contribution >= 0.6 is 11.8 Å². The Hall–Kier alpha value is -0.510. The Balaban J connectivity index is 1.85. The molecule has 0 bridgehead atoms. The fourth-order valence-electron chi connectivity index (χ4n) is 2.66. The van der Waals surface area contributed by atoms with E-state index in [1.807, 2.05) is 11.8 Å². The van der Waals surface area contributed by atoms with Crippen molar-refractivity contribution in [2.75, 3.05) is 5.75 Å². The fraction of sp³-hybridized carbons (Fsp3) is 0.833. The van der Waals surface area contributed by atoms with Gasteiger partial charge in [0.1, 0.15) is 5.82 Å². The first-order chi connectivity index (χ1) is 7.84. The molecule has 3 nitrogen and oxygen atoms in total. The van der Waals surface area contributed by atoms with Crippen LogP contribution in [0.1, 0.15) is 61.8 Å². The number of thioether (sulfide) groups is 1. The smallest absolute Gasteiger partial charge is 0.163 e. The van der Waals surface area contributed by atoms with E-state index in [2.05, 4.69) is 11.6 Å². The Bertz CT molecular complexity index is 368. The third-order valence-corrected chi connectivity index (χ3v) is 5.01. The summed E-state index contributed by atoms with van der Waals surface area (Å²) < 4.78 is 2.15. The van der Waals surface area contributed by atoms with Gasteiger partial charge in [-0.25, -0.2) is 9.67 Å². The molecule has 16 heavy (non-hydrogen) atoms. The van der Waals surface area contributed by atoms with Crippen LogP contribution in [0.15, 0.2) is 0 Å². The van der Waals surface area contributed by atoms with Crippen LogP contribution in [-0.2, 0) is 6.54 Å². The lowest BCUT2D eigenvalue weighted by Gasteiger charge is -2.17. The van der Waals surface area contributed by atoms with E-state index < -0.39 is 0 Å². The van der Waals surface area contributed by atoms with E-state index >= 15 is 0 Å². The molecule has 2 aliphatic rings. The standard InChI is InChI=1S/C12H19N3S/c1-9-5-4-7-15-12(9)13-11(14-15)10-6-2-3-8-16-10/h9-10H,2-8H2,1H3. The SMILES string of the molecule is CC1CCCn2nc(C3CCCCS3)nc21. The van der Waals surface area contributed by atoms with Crippen LogP contribution < -0.4 is 0 Å². The van der Waals surface area contributed by atoms with Gasteiger partial charge in [0.05, 0.1) is 5.25 Å². The van der Waals surface area contributed by atoms with E-state index in [0.717, 1.165) is 12.4 Å². The van der Waals surface area contributed by atoms with Crippen molar-refractivity contribution in [2.24, 2.45) is 0 Å². The van der Waals surface area contributed by atoms with Crippen LogP contribution in [0.3, 0.4) is 0 Å². The Kier molecular flexibility index (Phi) is 2.92. The number of fused-ring (bicyclic) bond motifs is 1. The molecule has 2 atom stereocenters. The van der Waals surface area contributed by atoms with Crippen molar-refractivity contribution in [3.8, 4) is 0 Å². The molecule has 0 aliphatic carbocycles. The summed E-state index contributed by atoms with van der Waals surface area (Å²) in [5.41, 5.74) is 0. The molecule has 3 heterocycles. The normalized spacial score (nSPS) is 30.1. The summed E-state index contributed by atoms with van der Waals surface area (Å²) in [5, 5.41) is 5.28. The molecular formula is C12H19N3S. The predicted octanol–water partition coefficient (Wildman–Crippen LogP) is 3.13. The Morgan fingerprint density at radius 3 is 2.94 bits per heavy atom. The van der Waals surface area contributed by atoms with Crippen molar-refractivity contribution >= 4 is 11.8 Å². The summed E-state index contributed by atoms with van der Waals surface area (Å²) in [5.74, 6) is 4.22.